The normalized spacial score (nSPS) is 15.5. The van der Waals surface area contributed by atoms with Crippen molar-refractivity contribution in [2.24, 2.45) is 7.05 Å². The van der Waals surface area contributed by atoms with Gasteiger partial charge in [-0.2, -0.15) is 0 Å². The molecule has 2 amide bonds. The predicted octanol–water partition coefficient (Wildman–Crippen LogP) is 2.00. The van der Waals surface area contributed by atoms with Gasteiger partial charge < -0.3 is 14.4 Å². The molecule has 0 spiro atoms. The van der Waals surface area contributed by atoms with E-state index in [4.69, 9.17) is 0 Å². The first-order chi connectivity index (χ1) is 11.1. The third kappa shape index (κ3) is 3.82. The van der Waals surface area contributed by atoms with Crippen LogP contribution in [0.1, 0.15) is 21.7 Å². The first-order valence-electron chi connectivity index (χ1n) is 7.85. The molecule has 0 aliphatic carbocycles. The van der Waals surface area contributed by atoms with E-state index < -0.39 is 0 Å². The standard InChI is InChI=1S/C17H21N3O2S/c1-18-8-5-14(13-18)12-16(21)19-6-3-7-20(10-9-19)17(22)15-4-2-11-23-15/h2,4-5,8,11,13H,3,6-7,9-10,12H2,1H3. The van der Waals surface area contributed by atoms with E-state index in [9.17, 15) is 9.59 Å². The van der Waals surface area contributed by atoms with Gasteiger partial charge in [0.05, 0.1) is 11.3 Å². The average molecular weight is 331 g/mol. The van der Waals surface area contributed by atoms with Gasteiger partial charge in [0.15, 0.2) is 0 Å². The van der Waals surface area contributed by atoms with Crippen LogP contribution >= 0.6 is 11.3 Å². The monoisotopic (exact) mass is 331 g/mol. The summed E-state index contributed by atoms with van der Waals surface area (Å²) in [7, 11) is 1.95. The minimum atomic E-state index is 0.0809. The SMILES string of the molecule is Cn1ccc(CC(=O)N2CCCN(C(=O)c3cccs3)CC2)c1. The molecule has 122 valence electrons. The molecule has 23 heavy (non-hydrogen) atoms. The van der Waals surface area contributed by atoms with E-state index >= 15 is 0 Å². The molecule has 1 aliphatic rings. The third-order valence-electron chi connectivity index (χ3n) is 4.12. The molecule has 3 rings (SSSR count). The Hall–Kier alpha value is -2.08. The zero-order chi connectivity index (χ0) is 16.2. The minimum absolute atomic E-state index is 0.0809. The van der Waals surface area contributed by atoms with Crippen molar-refractivity contribution in [3.8, 4) is 0 Å². The van der Waals surface area contributed by atoms with Gasteiger partial charge in [-0.1, -0.05) is 6.07 Å². The Kier molecular flexibility index (Phi) is 4.81. The lowest BCUT2D eigenvalue weighted by molar-refractivity contribution is -0.130. The van der Waals surface area contributed by atoms with Gasteiger partial charge >= 0.3 is 0 Å². The molecule has 1 aliphatic heterocycles. The number of rotatable bonds is 3. The van der Waals surface area contributed by atoms with Crippen LogP contribution in [0.3, 0.4) is 0 Å². The third-order valence-corrected chi connectivity index (χ3v) is 4.97. The fraction of sp³-hybridized carbons (Fsp3) is 0.412. The summed E-state index contributed by atoms with van der Waals surface area (Å²) in [6.45, 7) is 2.66. The van der Waals surface area contributed by atoms with Crippen molar-refractivity contribution < 1.29 is 9.59 Å². The summed E-state index contributed by atoms with van der Waals surface area (Å²) in [5.41, 5.74) is 1.04. The van der Waals surface area contributed by atoms with Crippen LogP contribution in [0.25, 0.3) is 0 Å². The van der Waals surface area contributed by atoms with Crippen molar-refractivity contribution in [1.29, 1.82) is 0 Å². The Balaban J connectivity index is 1.57. The molecule has 1 fully saturated rings. The minimum Gasteiger partial charge on any atom is -0.357 e. The molecule has 0 saturated carbocycles. The lowest BCUT2D eigenvalue weighted by atomic mass is 10.2. The fourth-order valence-electron chi connectivity index (χ4n) is 2.88. The number of hydrogen-bond acceptors (Lipinski definition) is 3. The van der Waals surface area contributed by atoms with Crippen LogP contribution in [0, 0.1) is 0 Å². The highest BCUT2D eigenvalue weighted by Crippen LogP contribution is 2.14. The molecule has 0 N–H and O–H groups in total. The van der Waals surface area contributed by atoms with Gasteiger partial charge in [0.1, 0.15) is 0 Å². The summed E-state index contributed by atoms with van der Waals surface area (Å²) in [5, 5.41) is 1.92. The largest absolute Gasteiger partial charge is 0.357 e. The molecule has 1 saturated heterocycles. The highest BCUT2D eigenvalue weighted by molar-refractivity contribution is 7.12. The topological polar surface area (TPSA) is 45.6 Å². The Morgan fingerprint density at radius 3 is 2.61 bits per heavy atom. The zero-order valence-electron chi connectivity index (χ0n) is 13.3. The maximum atomic E-state index is 12.5. The number of carbonyl (C=O) groups excluding carboxylic acids is 2. The molecule has 2 aromatic heterocycles. The van der Waals surface area contributed by atoms with Gasteiger partial charge in [0.2, 0.25) is 5.91 Å². The molecule has 0 aromatic carbocycles. The van der Waals surface area contributed by atoms with E-state index in [1.807, 2.05) is 57.4 Å². The maximum Gasteiger partial charge on any atom is 0.263 e. The quantitative estimate of drug-likeness (QED) is 0.864. The van der Waals surface area contributed by atoms with Crippen LogP contribution in [-0.2, 0) is 18.3 Å². The Morgan fingerprint density at radius 2 is 1.91 bits per heavy atom. The molecule has 3 heterocycles. The van der Waals surface area contributed by atoms with Crippen molar-refractivity contribution in [2.75, 3.05) is 26.2 Å². The predicted molar refractivity (Wildman–Crippen MR) is 90.5 cm³/mol. The van der Waals surface area contributed by atoms with Crippen molar-refractivity contribution in [2.45, 2.75) is 12.8 Å². The number of aromatic nitrogens is 1. The van der Waals surface area contributed by atoms with E-state index in [0.29, 0.717) is 26.1 Å². The maximum absolute atomic E-state index is 12.5. The van der Waals surface area contributed by atoms with E-state index in [-0.39, 0.29) is 11.8 Å². The number of thiophene rings is 1. The lowest BCUT2D eigenvalue weighted by Crippen LogP contribution is -2.37. The highest BCUT2D eigenvalue weighted by atomic mass is 32.1. The number of carbonyl (C=O) groups is 2. The van der Waals surface area contributed by atoms with Crippen molar-refractivity contribution in [1.82, 2.24) is 14.4 Å². The summed E-state index contributed by atoms with van der Waals surface area (Å²) in [6, 6.07) is 5.73. The summed E-state index contributed by atoms with van der Waals surface area (Å²) < 4.78 is 1.95. The Morgan fingerprint density at radius 1 is 1.13 bits per heavy atom. The van der Waals surface area contributed by atoms with Gasteiger partial charge in [-0.05, 0) is 29.5 Å². The van der Waals surface area contributed by atoms with Gasteiger partial charge in [0.25, 0.3) is 5.91 Å². The Bertz CT molecular complexity index is 678. The lowest BCUT2D eigenvalue weighted by Gasteiger charge is -2.21. The molecule has 5 nitrogen and oxygen atoms in total. The van der Waals surface area contributed by atoms with Crippen LogP contribution in [0.4, 0.5) is 0 Å². The van der Waals surface area contributed by atoms with Gasteiger partial charge in [-0.3, -0.25) is 9.59 Å². The van der Waals surface area contributed by atoms with Gasteiger partial charge in [0, 0.05) is 45.6 Å². The summed E-state index contributed by atoms with van der Waals surface area (Å²) in [6.07, 6.45) is 5.19. The molecule has 0 radical (unpaired) electrons. The van der Waals surface area contributed by atoms with Crippen molar-refractivity contribution >= 4 is 23.2 Å². The van der Waals surface area contributed by atoms with Gasteiger partial charge in [-0.15, -0.1) is 11.3 Å². The fourth-order valence-corrected chi connectivity index (χ4v) is 3.57. The summed E-state index contributed by atoms with van der Waals surface area (Å²) in [4.78, 5) is 29.4. The van der Waals surface area contributed by atoms with E-state index in [2.05, 4.69) is 0 Å². The van der Waals surface area contributed by atoms with Crippen LogP contribution in [0.5, 0.6) is 0 Å². The molecule has 2 aromatic rings. The number of amides is 2. The zero-order valence-corrected chi connectivity index (χ0v) is 14.1. The first kappa shape index (κ1) is 15.8. The molecule has 6 heteroatoms. The van der Waals surface area contributed by atoms with E-state index in [1.165, 1.54) is 11.3 Å². The number of aryl methyl sites for hydroxylation is 1. The molecule has 0 atom stereocenters. The van der Waals surface area contributed by atoms with Gasteiger partial charge in [-0.25, -0.2) is 0 Å². The van der Waals surface area contributed by atoms with E-state index in [0.717, 1.165) is 23.4 Å². The highest BCUT2D eigenvalue weighted by Gasteiger charge is 2.23. The second-order valence-corrected chi connectivity index (χ2v) is 6.81. The molecule has 0 bridgehead atoms. The molecular formula is C17H21N3O2S. The second kappa shape index (κ2) is 7.00. The molecule has 0 unspecified atom stereocenters. The second-order valence-electron chi connectivity index (χ2n) is 5.87. The van der Waals surface area contributed by atoms with Crippen molar-refractivity contribution in [3.05, 3.63) is 46.4 Å². The summed E-state index contributed by atoms with van der Waals surface area (Å²) >= 11 is 1.47. The smallest absolute Gasteiger partial charge is 0.263 e. The number of nitrogens with zero attached hydrogens (tertiary/aromatic N) is 3. The van der Waals surface area contributed by atoms with Crippen LogP contribution in [0.15, 0.2) is 36.0 Å². The Labute approximate surface area is 140 Å². The van der Waals surface area contributed by atoms with Crippen LogP contribution in [0.2, 0.25) is 0 Å². The average Bonchev–Trinajstić information content (AvgIpc) is 3.13. The van der Waals surface area contributed by atoms with Crippen LogP contribution < -0.4 is 0 Å². The summed E-state index contributed by atoms with van der Waals surface area (Å²) in [5.74, 6) is 0.221. The van der Waals surface area contributed by atoms with Crippen molar-refractivity contribution in [3.63, 3.8) is 0 Å². The van der Waals surface area contributed by atoms with E-state index in [1.54, 1.807) is 0 Å². The molecular weight excluding hydrogens is 310 g/mol. The first-order valence-corrected chi connectivity index (χ1v) is 8.73. The number of hydrogen-bond donors (Lipinski definition) is 0. The van der Waals surface area contributed by atoms with Crippen LogP contribution in [-0.4, -0.2) is 52.4 Å².